The van der Waals surface area contributed by atoms with Crippen LogP contribution < -0.4 is 5.32 Å². The van der Waals surface area contributed by atoms with Gasteiger partial charge in [-0.1, -0.05) is 6.42 Å². The predicted octanol–water partition coefficient (Wildman–Crippen LogP) is 1.71. The number of nitrogens with one attached hydrogen (secondary N) is 1. The maximum Gasteiger partial charge on any atom is 0.252 e. The largest absolute Gasteiger partial charge is 0.337 e. The third kappa shape index (κ3) is 4.74. The first-order chi connectivity index (χ1) is 11.5. The van der Waals surface area contributed by atoms with Crippen molar-refractivity contribution in [2.75, 3.05) is 32.7 Å². The lowest BCUT2D eigenvalue weighted by Crippen LogP contribution is -2.52. The van der Waals surface area contributed by atoms with Gasteiger partial charge in [-0.2, -0.15) is 4.31 Å². The number of amides is 1. The van der Waals surface area contributed by atoms with E-state index in [1.807, 2.05) is 11.8 Å². The molecule has 3 heterocycles. The van der Waals surface area contributed by atoms with E-state index in [-0.39, 0.29) is 30.8 Å². The van der Waals surface area contributed by atoms with Gasteiger partial charge in [0.1, 0.15) is 4.21 Å². The van der Waals surface area contributed by atoms with Gasteiger partial charge in [0.15, 0.2) is 0 Å². The fourth-order valence-electron chi connectivity index (χ4n) is 3.29. The van der Waals surface area contributed by atoms with E-state index in [1.54, 1.807) is 16.4 Å². The SMILES string of the molecule is C[C@H]1CNCCN1C(=O)Cc1ccc(S(=O)(=O)N2CCCCC2)s1.Cl. The molecule has 0 bridgehead atoms. The van der Waals surface area contributed by atoms with E-state index in [0.717, 1.165) is 37.2 Å². The summed E-state index contributed by atoms with van der Waals surface area (Å²) in [5.41, 5.74) is 0. The van der Waals surface area contributed by atoms with Crippen LogP contribution in [0.1, 0.15) is 31.1 Å². The van der Waals surface area contributed by atoms with Gasteiger partial charge in [-0.15, -0.1) is 23.7 Å². The molecular weight excluding hydrogens is 382 g/mol. The number of sulfonamides is 1. The zero-order valence-electron chi connectivity index (χ0n) is 14.4. The number of rotatable bonds is 4. The molecule has 1 atom stereocenters. The predicted molar refractivity (Wildman–Crippen MR) is 102 cm³/mol. The van der Waals surface area contributed by atoms with E-state index in [4.69, 9.17) is 0 Å². The van der Waals surface area contributed by atoms with Crippen molar-refractivity contribution in [3.05, 3.63) is 17.0 Å². The van der Waals surface area contributed by atoms with Crippen molar-refractivity contribution < 1.29 is 13.2 Å². The molecular formula is C16H26ClN3O3S2. The molecule has 0 radical (unpaired) electrons. The van der Waals surface area contributed by atoms with Gasteiger partial charge in [-0.05, 0) is 31.9 Å². The summed E-state index contributed by atoms with van der Waals surface area (Å²) in [6, 6.07) is 3.62. The molecule has 6 nitrogen and oxygen atoms in total. The first kappa shape index (κ1) is 20.6. The smallest absolute Gasteiger partial charge is 0.252 e. The van der Waals surface area contributed by atoms with Crippen LogP contribution in [0.2, 0.25) is 0 Å². The maximum absolute atomic E-state index is 12.7. The molecule has 0 saturated carbocycles. The first-order valence-corrected chi connectivity index (χ1v) is 10.8. The lowest BCUT2D eigenvalue weighted by Gasteiger charge is -2.34. The van der Waals surface area contributed by atoms with Crippen molar-refractivity contribution in [1.82, 2.24) is 14.5 Å². The van der Waals surface area contributed by atoms with Crippen molar-refractivity contribution in [3.8, 4) is 0 Å². The summed E-state index contributed by atoms with van der Waals surface area (Å²) >= 11 is 1.23. The Balaban J connectivity index is 0.00000225. The summed E-state index contributed by atoms with van der Waals surface area (Å²) in [5, 5.41) is 3.27. The Morgan fingerprint density at radius 1 is 1.24 bits per heavy atom. The Bertz CT molecular complexity index is 687. The number of hydrogen-bond acceptors (Lipinski definition) is 5. The Morgan fingerprint density at radius 3 is 2.64 bits per heavy atom. The number of carbonyl (C=O) groups excluding carboxylic acids is 1. The average Bonchev–Trinajstić information content (AvgIpc) is 3.05. The zero-order valence-corrected chi connectivity index (χ0v) is 16.9. The van der Waals surface area contributed by atoms with Crippen LogP contribution in [0.5, 0.6) is 0 Å². The van der Waals surface area contributed by atoms with Crippen LogP contribution >= 0.6 is 23.7 Å². The molecule has 2 aliphatic rings. The van der Waals surface area contributed by atoms with Crippen molar-refractivity contribution in [3.63, 3.8) is 0 Å². The van der Waals surface area contributed by atoms with E-state index in [9.17, 15) is 13.2 Å². The molecule has 3 rings (SSSR count). The molecule has 142 valence electrons. The van der Waals surface area contributed by atoms with Gasteiger partial charge in [0.25, 0.3) is 10.0 Å². The molecule has 0 spiro atoms. The second kappa shape index (κ2) is 8.81. The van der Waals surface area contributed by atoms with Crippen LogP contribution in [0.25, 0.3) is 0 Å². The third-order valence-electron chi connectivity index (χ3n) is 4.69. The minimum atomic E-state index is -3.40. The first-order valence-electron chi connectivity index (χ1n) is 8.57. The summed E-state index contributed by atoms with van der Waals surface area (Å²) in [6.07, 6.45) is 3.23. The summed E-state index contributed by atoms with van der Waals surface area (Å²) in [6.45, 7) is 5.58. The summed E-state index contributed by atoms with van der Waals surface area (Å²) < 4.78 is 27.3. The Morgan fingerprint density at radius 2 is 1.96 bits per heavy atom. The number of thiophene rings is 1. The second-order valence-corrected chi connectivity index (χ2v) is 9.84. The van der Waals surface area contributed by atoms with Gasteiger partial charge in [0, 0.05) is 43.6 Å². The lowest BCUT2D eigenvalue weighted by atomic mass is 10.2. The summed E-state index contributed by atoms with van der Waals surface area (Å²) in [4.78, 5) is 15.2. The molecule has 0 aromatic carbocycles. The van der Waals surface area contributed by atoms with Crippen molar-refractivity contribution in [2.45, 2.75) is 42.9 Å². The van der Waals surface area contributed by atoms with Crippen molar-refractivity contribution in [1.29, 1.82) is 0 Å². The van der Waals surface area contributed by atoms with Crippen molar-refractivity contribution >= 4 is 39.7 Å². The van der Waals surface area contributed by atoms with Crippen LogP contribution in [-0.4, -0.2) is 62.3 Å². The van der Waals surface area contributed by atoms with Crippen LogP contribution in [0.3, 0.4) is 0 Å². The Labute approximate surface area is 160 Å². The fourth-order valence-corrected chi connectivity index (χ4v) is 6.30. The van der Waals surface area contributed by atoms with Gasteiger partial charge in [0.05, 0.1) is 6.42 Å². The van der Waals surface area contributed by atoms with Gasteiger partial charge in [-0.3, -0.25) is 4.79 Å². The Kier molecular flexibility index (Phi) is 7.28. The number of piperazine rings is 1. The highest BCUT2D eigenvalue weighted by Crippen LogP contribution is 2.27. The monoisotopic (exact) mass is 407 g/mol. The van der Waals surface area contributed by atoms with Crippen LogP contribution in [-0.2, 0) is 21.2 Å². The van der Waals surface area contributed by atoms with E-state index >= 15 is 0 Å². The van der Waals surface area contributed by atoms with Crippen LogP contribution in [0, 0.1) is 0 Å². The molecule has 9 heteroatoms. The summed E-state index contributed by atoms with van der Waals surface area (Å²) in [5.74, 6) is 0.0766. The number of nitrogens with zero attached hydrogens (tertiary/aromatic N) is 2. The van der Waals surface area contributed by atoms with Gasteiger partial charge in [-0.25, -0.2) is 8.42 Å². The highest BCUT2D eigenvalue weighted by Gasteiger charge is 2.28. The average molecular weight is 408 g/mol. The Hall–Kier alpha value is -0.670. The minimum Gasteiger partial charge on any atom is -0.337 e. The molecule has 0 unspecified atom stereocenters. The normalized spacial score (nSPS) is 22.4. The molecule has 2 aliphatic heterocycles. The van der Waals surface area contributed by atoms with Crippen LogP contribution in [0.4, 0.5) is 0 Å². The van der Waals surface area contributed by atoms with E-state index in [0.29, 0.717) is 23.8 Å². The second-order valence-electron chi connectivity index (χ2n) is 6.50. The number of hydrogen-bond donors (Lipinski definition) is 1. The topological polar surface area (TPSA) is 69.7 Å². The van der Waals surface area contributed by atoms with E-state index < -0.39 is 10.0 Å². The molecule has 2 fully saturated rings. The number of halogens is 1. The van der Waals surface area contributed by atoms with Crippen molar-refractivity contribution in [2.24, 2.45) is 0 Å². The van der Waals surface area contributed by atoms with Crippen LogP contribution in [0.15, 0.2) is 16.3 Å². The van der Waals surface area contributed by atoms with Gasteiger partial charge in [0.2, 0.25) is 5.91 Å². The zero-order chi connectivity index (χ0) is 17.2. The van der Waals surface area contributed by atoms with E-state index in [1.165, 1.54) is 11.3 Å². The highest BCUT2D eigenvalue weighted by molar-refractivity contribution is 7.91. The highest BCUT2D eigenvalue weighted by atomic mass is 35.5. The molecule has 25 heavy (non-hydrogen) atoms. The minimum absolute atomic E-state index is 0. The molecule has 1 amide bonds. The third-order valence-corrected chi connectivity index (χ3v) is 8.14. The van der Waals surface area contributed by atoms with Gasteiger partial charge < -0.3 is 10.2 Å². The number of carbonyl (C=O) groups is 1. The molecule has 1 aromatic rings. The fraction of sp³-hybridized carbons (Fsp3) is 0.688. The molecule has 1 N–H and O–H groups in total. The maximum atomic E-state index is 12.7. The lowest BCUT2D eigenvalue weighted by molar-refractivity contribution is -0.133. The number of piperidine rings is 1. The summed E-state index contributed by atoms with van der Waals surface area (Å²) in [7, 11) is -3.40. The van der Waals surface area contributed by atoms with Gasteiger partial charge >= 0.3 is 0 Å². The molecule has 2 saturated heterocycles. The molecule has 1 aromatic heterocycles. The van der Waals surface area contributed by atoms with E-state index in [2.05, 4.69) is 5.32 Å². The molecule has 0 aliphatic carbocycles. The quantitative estimate of drug-likeness (QED) is 0.824. The standard InChI is InChI=1S/C16H25N3O3S2.ClH/c1-13-12-17-7-10-19(13)15(20)11-14-5-6-16(23-14)24(21,22)18-8-3-2-4-9-18;/h5-6,13,17H,2-4,7-12H2,1H3;1H/t13-;/m0./s1.